The Kier molecular flexibility index (Phi) is 19.7. The van der Waals surface area contributed by atoms with E-state index in [1.54, 1.807) is 0 Å². The van der Waals surface area contributed by atoms with Gasteiger partial charge in [0.1, 0.15) is 25.1 Å². The summed E-state index contributed by atoms with van der Waals surface area (Å²) >= 11 is 0. The molecule has 0 heterocycles. The van der Waals surface area contributed by atoms with Gasteiger partial charge in [-0.25, -0.2) is 0 Å². The van der Waals surface area contributed by atoms with Crippen molar-refractivity contribution in [3.05, 3.63) is 0 Å². The number of ether oxygens (including phenoxy) is 7. The maximum absolute atomic E-state index is 14.0. The topological polar surface area (TPSA) is 211 Å². The molecule has 46 heavy (non-hydrogen) atoms. The van der Waals surface area contributed by atoms with Crippen molar-refractivity contribution in [1.82, 2.24) is 0 Å². The van der Waals surface area contributed by atoms with E-state index in [9.17, 15) is 40.4 Å². The molecule has 0 aromatic rings. The van der Waals surface area contributed by atoms with E-state index in [0.717, 1.165) is 0 Å². The molecular formula is C26H42F4O15S. The zero-order valence-electron chi connectivity index (χ0n) is 25.1. The van der Waals surface area contributed by atoms with Crippen molar-refractivity contribution in [1.29, 1.82) is 0 Å². The molecule has 0 aromatic carbocycles. The van der Waals surface area contributed by atoms with E-state index in [1.165, 1.54) is 0 Å². The highest BCUT2D eigenvalue weighted by Gasteiger charge is 2.58. The summed E-state index contributed by atoms with van der Waals surface area (Å²) < 4.78 is 121. The van der Waals surface area contributed by atoms with Crippen LogP contribution >= 0.6 is 0 Å². The van der Waals surface area contributed by atoms with Gasteiger partial charge < -0.3 is 43.4 Å². The van der Waals surface area contributed by atoms with Gasteiger partial charge in [0.2, 0.25) is 0 Å². The van der Waals surface area contributed by atoms with Gasteiger partial charge in [0, 0.05) is 6.42 Å². The molecule has 3 atom stereocenters. The maximum atomic E-state index is 14.0. The van der Waals surface area contributed by atoms with Gasteiger partial charge in [0.25, 0.3) is 10.1 Å². The lowest BCUT2D eigenvalue weighted by Gasteiger charge is -2.33. The highest BCUT2D eigenvalue weighted by Crippen LogP contribution is 2.39. The maximum Gasteiger partial charge on any atom is 0.326 e. The van der Waals surface area contributed by atoms with Crippen LogP contribution in [0.4, 0.5) is 17.6 Å². The monoisotopic (exact) mass is 702 g/mol. The molecule has 3 unspecified atom stereocenters. The molecule has 0 amide bonds. The fourth-order valence-corrected chi connectivity index (χ4v) is 4.86. The smallest absolute Gasteiger partial charge is 0.326 e. The third kappa shape index (κ3) is 17.1. The van der Waals surface area contributed by atoms with Crippen LogP contribution in [0, 0.1) is 11.8 Å². The highest BCUT2D eigenvalue weighted by molar-refractivity contribution is 7.85. The van der Waals surface area contributed by atoms with Crippen molar-refractivity contribution >= 4 is 28.0 Å². The van der Waals surface area contributed by atoms with Crippen LogP contribution in [0.15, 0.2) is 0 Å². The molecule has 0 aromatic heterocycles. The molecule has 0 radical (unpaired) electrons. The summed E-state index contributed by atoms with van der Waals surface area (Å²) in [7, 11) is -5.45. The van der Waals surface area contributed by atoms with Gasteiger partial charge in [0.05, 0.1) is 84.3 Å². The first kappa shape index (κ1) is 41.8. The van der Waals surface area contributed by atoms with Crippen LogP contribution in [0.5, 0.6) is 0 Å². The molecule has 1 aliphatic carbocycles. The van der Waals surface area contributed by atoms with Gasteiger partial charge in [0.15, 0.2) is 0 Å². The Balaban J connectivity index is 2.72. The predicted octanol–water partition coefficient (Wildman–Crippen LogP) is 0.391. The van der Waals surface area contributed by atoms with Crippen LogP contribution < -0.4 is 0 Å². The number of esters is 3. The lowest BCUT2D eigenvalue weighted by molar-refractivity contribution is -0.202. The first-order valence-corrected chi connectivity index (χ1v) is 16.0. The Bertz CT molecular complexity index is 1020. The average molecular weight is 703 g/mol. The lowest BCUT2D eigenvalue weighted by Crippen LogP contribution is -2.46. The average Bonchev–Trinajstić information content (AvgIpc) is 2.97. The summed E-state index contributed by atoms with van der Waals surface area (Å²) in [4.78, 5) is 38.0. The van der Waals surface area contributed by atoms with Crippen LogP contribution in [0.25, 0.3) is 0 Å². The first-order valence-electron chi connectivity index (χ1n) is 14.4. The molecule has 1 aliphatic rings. The molecule has 0 aliphatic heterocycles. The summed E-state index contributed by atoms with van der Waals surface area (Å²) in [5, 5.41) is 17.3. The molecule has 1 saturated carbocycles. The Morgan fingerprint density at radius 3 is 1.61 bits per heavy atom. The number of aliphatic hydroxyl groups excluding tert-OH is 2. The summed E-state index contributed by atoms with van der Waals surface area (Å²) in [6, 6.07) is 0. The van der Waals surface area contributed by atoms with Crippen molar-refractivity contribution in [2.75, 3.05) is 85.0 Å². The van der Waals surface area contributed by atoms with Gasteiger partial charge in [-0.3, -0.25) is 18.9 Å². The zero-order valence-corrected chi connectivity index (χ0v) is 25.9. The predicted molar refractivity (Wildman–Crippen MR) is 146 cm³/mol. The Hall–Kier alpha value is -2.20. The van der Waals surface area contributed by atoms with Gasteiger partial charge >= 0.3 is 29.8 Å². The summed E-state index contributed by atoms with van der Waals surface area (Å²) in [5.74, 6) is -17.9. The second-order valence-corrected chi connectivity index (χ2v) is 11.5. The molecule has 0 saturated heterocycles. The van der Waals surface area contributed by atoms with Crippen LogP contribution in [0.3, 0.4) is 0 Å². The highest BCUT2D eigenvalue weighted by atomic mass is 32.2. The second-order valence-electron chi connectivity index (χ2n) is 10.0. The summed E-state index contributed by atoms with van der Waals surface area (Å²) in [6.45, 7) is 0.225. The van der Waals surface area contributed by atoms with Crippen molar-refractivity contribution in [3.63, 3.8) is 0 Å². The Morgan fingerprint density at radius 1 is 0.674 bits per heavy atom. The Morgan fingerprint density at radius 2 is 1.13 bits per heavy atom. The number of aliphatic hydroxyl groups is 2. The number of hydrogen-bond donors (Lipinski definition) is 3. The van der Waals surface area contributed by atoms with Crippen molar-refractivity contribution < 1.29 is 88.3 Å². The third-order valence-corrected chi connectivity index (χ3v) is 7.13. The van der Waals surface area contributed by atoms with E-state index in [2.05, 4.69) is 0 Å². The lowest BCUT2D eigenvalue weighted by atomic mass is 9.77. The van der Waals surface area contributed by atoms with E-state index in [1.807, 2.05) is 0 Å². The third-order valence-electron chi connectivity index (χ3n) is 6.41. The van der Waals surface area contributed by atoms with E-state index < -0.39 is 76.4 Å². The first-order chi connectivity index (χ1) is 21.6. The van der Waals surface area contributed by atoms with Gasteiger partial charge in [-0.1, -0.05) is 0 Å². The van der Waals surface area contributed by atoms with E-state index >= 15 is 0 Å². The SMILES string of the molecule is O=C(CCC(F)(F)C(F)(F)CS(=O)(=O)O)OC1CCC(C(=O)OCCOCCOCCO)C(C(=O)OCCOCCOCCO)C1. The second kappa shape index (κ2) is 21.6. The summed E-state index contributed by atoms with van der Waals surface area (Å²) in [5.41, 5.74) is 0. The number of rotatable bonds is 25. The molecule has 0 bridgehead atoms. The standard InChI is InChI=1S/C26H42F4O15S/c27-25(28,26(29,30)18-46(36,37)38)4-3-22(33)45-19-1-2-20(23(34)43-15-13-41-11-9-39-7-5-31)21(17-19)24(35)44-16-14-42-12-10-40-8-6-32/h19-21,31-32H,1-18H2,(H,36,37,38). The molecule has 270 valence electrons. The fourth-order valence-electron chi connectivity index (χ4n) is 4.19. The summed E-state index contributed by atoms with van der Waals surface area (Å²) in [6.07, 6.45) is -4.46. The molecule has 20 heteroatoms. The van der Waals surface area contributed by atoms with Gasteiger partial charge in [-0.05, 0) is 19.3 Å². The molecular weight excluding hydrogens is 660 g/mol. The minimum absolute atomic E-state index is 0.00354. The van der Waals surface area contributed by atoms with Crippen LogP contribution in [0.1, 0.15) is 32.1 Å². The molecule has 1 rings (SSSR count). The normalized spacial score (nSPS) is 19.1. The Labute approximate surface area is 263 Å². The minimum Gasteiger partial charge on any atom is -0.463 e. The molecule has 3 N–H and O–H groups in total. The molecule has 0 spiro atoms. The number of carbonyl (C=O) groups excluding carboxylic acids is 3. The van der Waals surface area contributed by atoms with Crippen LogP contribution in [-0.2, 0) is 57.7 Å². The zero-order chi connectivity index (χ0) is 34.6. The number of halogens is 4. The van der Waals surface area contributed by atoms with Gasteiger partial charge in [-0.2, -0.15) is 26.0 Å². The van der Waals surface area contributed by atoms with E-state index in [0.29, 0.717) is 0 Å². The van der Waals surface area contributed by atoms with Gasteiger partial charge in [-0.15, -0.1) is 0 Å². The minimum atomic E-state index is -5.45. The quantitative estimate of drug-likeness (QED) is 0.0386. The van der Waals surface area contributed by atoms with E-state index in [-0.39, 0.29) is 98.5 Å². The molecule has 1 fully saturated rings. The van der Waals surface area contributed by atoms with Crippen molar-refractivity contribution in [2.45, 2.75) is 50.1 Å². The fraction of sp³-hybridized carbons (Fsp3) is 0.885. The molecule has 15 nitrogen and oxygen atoms in total. The largest absolute Gasteiger partial charge is 0.463 e. The van der Waals surface area contributed by atoms with Crippen molar-refractivity contribution in [2.24, 2.45) is 11.8 Å². The van der Waals surface area contributed by atoms with Crippen molar-refractivity contribution in [3.8, 4) is 0 Å². The van der Waals surface area contributed by atoms with Crippen LogP contribution in [0.2, 0.25) is 0 Å². The van der Waals surface area contributed by atoms with E-state index in [4.69, 9.17) is 47.9 Å². The number of hydrogen-bond acceptors (Lipinski definition) is 14. The number of alkyl halides is 4. The number of carbonyl (C=O) groups is 3. The van der Waals surface area contributed by atoms with Crippen LogP contribution in [-0.4, -0.2) is 144 Å².